The molecule has 0 radical (unpaired) electrons. The van der Waals surface area contributed by atoms with E-state index in [0.29, 0.717) is 24.4 Å². The maximum absolute atomic E-state index is 5.79. The van der Waals surface area contributed by atoms with Gasteiger partial charge in [0, 0.05) is 13.1 Å². The highest BCUT2D eigenvalue weighted by Crippen LogP contribution is 2.39. The smallest absolute Gasteiger partial charge is 0.197 e. The highest BCUT2D eigenvalue weighted by molar-refractivity contribution is 7.11. The molecule has 0 aliphatic carbocycles. The topological polar surface area (TPSA) is 51.4 Å². The Morgan fingerprint density at radius 2 is 2.06 bits per heavy atom. The molecule has 1 aromatic heterocycles. The van der Waals surface area contributed by atoms with Crippen LogP contribution in [0.25, 0.3) is 0 Å². The first-order valence-electron chi connectivity index (χ1n) is 5.59. The van der Waals surface area contributed by atoms with E-state index in [1.807, 2.05) is 6.92 Å². The first-order valence-corrected chi connectivity index (χ1v) is 6.37. The van der Waals surface area contributed by atoms with Crippen molar-refractivity contribution in [3.8, 4) is 5.75 Å². The molecular formula is C11H21N3OS. The van der Waals surface area contributed by atoms with Crippen LogP contribution in [0.2, 0.25) is 0 Å². The number of ether oxygens (including phenoxy) is 1. The SMILES string of the molecule is CCOc1c(N)nsc1N(C)C(C)C(C)C. The summed E-state index contributed by atoms with van der Waals surface area (Å²) >= 11 is 1.40. The second-order valence-corrected chi connectivity index (χ2v) is 4.98. The zero-order valence-electron chi connectivity index (χ0n) is 10.7. The molecule has 0 aromatic carbocycles. The summed E-state index contributed by atoms with van der Waals surface area (Å²) in [6.07, 6.45) is 0. The van der Waals surface area contributed by atoms with E-state index < -0.39 is 0 Å². The van der Waals surface area contributed by atoms with Crippen LogP contribution in [0.4, 0.5) is 10.8 Å². The largest absolute Gasteiger partial charge is 0.487 e. The van der Waals surface area contributed by atoms with Gasteiger partial charge in [0.05, 0.1) is 6.61 Å². The fraction of sp³-hybridized carbons (Fsp3) is 0.727. The Morgan fingerprint density at radius 3 is 2.56 bits per heavy atom. The summed E-state index contributed by atoms with van der Waals surface area (Å²) in [4.78, 5) is 2.18. The fourth-order valence-corrected chi connectivity index (χ4v) is 2.23. The van der Waals surface area contributed by atoms with E-state index in [4.69, 9.17) is 10.5 Å². The number of nitrogens with two attached hydrogens (primary N) is 1. The summed E-state index contributed by atoms with van der Waals surface area (Å²) in [5.41, 5.74) is 5.79. The molecule has 16 heavy (non-hydrogen) atoms. The molecule has 1 atom stereocenters. The number of rotatable bonds is 5. The third-order valence-electron chi connectivity index (χ3n) is 2.84. The van der Waals surface area contributed by atoms with Crippen molar-refractivity contribution >= 4 is 22.4 Å². The van der Waals surface area contributed by atoms with E-state index in [1.54, 1.807) is 0 Å². The van der Waals surface area contributed by atoms with Crippen LogP contribution >= 0.6 is 11.5 Å². The molecule has 5 heteroatoms. The molecule has 0 spiro atoms. The minimum atomic E-state index is 0.430. The lowest BCUT2D eigenvalue weighted by molar-refractivity contribution is 0.342. The number of nitrogens with zero attached hydrogens (tertiary/aromatic N) is 2. The average molecular weight is 243 g/mol. The van der Waals surface area contributed by atoms with Crippen LogP contribution in [0.15, 0.2) is 0 Å². The third-order valence-corrected chi connectivity index (χ3v) is 3.78. The molecule has 2 N–H and O–H groups in total. The maximum Gasteiger partial charge on any atom is 0.197 e. The minimum Gasteiger partial charge on any atom is -0.487 e. The van der Waals surface area contributed by atoms with Gasteiger partial charge >= 0.3 is 0 Å². The van der Waals surface area contributed by atoms with Crippen LogP contribution in [-0.2, 0) is 0 Å². The predicted octanol–water partition coefficient (Wildman–Crippen LogP) is 2.60. The minimum absolute atomic E-state index is 0.430. The predicted molar refractivity (Wildman–Crippen MR) is 70.4 cm³/mol. The van der Waals surface area contributed by atoms with Gasteiger partial charge in [-0.15, -0.1) is 0 Å². The maximum atomic E-state index is 5.79. The Kier molecular flexibility index (Phi) is 4.41. The molecule has 0 bridgehead atoms. The standard InChI is InChI=1S/C11H21N3OS/c1-6-15-9-10(12)13-16-11(9)14(5)8(4)7(2)3/h7-8H,6H2,1-5H3,(H2,12,13). The van der Waals surface area contributed by atoms with Gasteiger partial charge in [0.2, 0.25) is 0 Å². The van der Waals surface area contributed by atoms with Gasteiger partial charge in [-0.1, -0.05) is 13.8 Å². The molecule has 0 aliphatic rings. The summed E-state index contributed by atoms with van der Waals surface area (Å²) in [6, 6.07) is 0.430. The van der Waals surface area contributed by atoms with Gasteiger partial charge in [0.15, 0.2) is 16.6 Å². The first kappa shape index (κ1) is 13.1. The van der Waals surface area contributed by atoms with Gasteiger partial charge in [0.25, 0.3) is 0 Å². The molecule has 1 aromatic rings. The Hall–Kier alpha value is -0.970. The molecule has 92 valence electrons. The number of anilines is 2. The van der Waals surface area contributed by atoms with E-state index in [0.717, 1.165) is 10.8 Å². The van der Waals surface area contributed by atoms with Crippen molar-refractivity contribution in [1.82, 2.24) is 4.37 Å². The van der Waals surface area contributed by atoms with Crippen molar-refractivity contribution in [2.75, 3.05) is 24.3 Å². The first-order chi connectivity index (χ1) is 7.49. The van der Waals surface area contributed by atoms with E-state index in [9.17, 15) is 0 Å². The number of nitrogen functional groups attached to an aromatic ring is 1. The van der Waals surface area contributed by atoms with Crippen LogP contribution in [0.1, 0.15) is 27.7 Å². The Balaban J connectivity index is 2.94. The molecule has 0 amide bonds. The van der Waals surface area contributed by atoms with E-state index in [2.05, 4.69) is 37.1 Å². The van der Waals surface area contributed by atoms with Crippen molar-refractivity contribution < 1.29 is 4.74 Å². The van der Waals surface area contributed by atoms with Crippen molar-refractivity contribution in [2.45, 2.75) is 33.7 Å². The number of aromatic nitrogens is 1. The van der Waals surface area contributed by atoms with Crippen LogP contribution in [-0.4, -0.2) is 24.1 Å². The molecule has 0 fully saturated rings. The molecule has 0 saturated heterocycles. The van der Waals surface area contributed by atoms with Gasteiger partial charge in [-0.3, -0.25) is 0 Å². The zero-order chi connectivity index (χ0) is 12.3. The highest BCUT2D eigenvalue weighted by atomic mass is 32.1. The summed E-state index contributed by atoms with van der Waals surface area (Å²) in [5.74, 6) is 1.79. The summed E-state index contributed by atoms with van der Waals surface area (Å²) in [5, 5.41) is 1.01. The summed E-state index contributed by atoms with van der Waals surface area (Å²) in [6.45, 7) is 9.15. The van der Waals surface area contributed by atoms with Crippen molar-refractivity contribution in [1.29, 1.82) is 0 Å². The van der Waals surface area contributed by atoms with Gasteiger partial charge in [-0.05, 0) is 31.3 Å². The lowest BCUT2D eigenvalue weighted by Crippen LogP contribution is -2.32. The van der Waals surface area contributed by atoms with Crippen LogP contribution in [0.3, 0.4) is 0 Å². The zero-order valence-corrected chi connectivity index (χ0v) is 11.5. The monoisotopic (exact) mass is 243 g/mol. The molecule has 1 heterocycles. The number of hydrogen-bond donors (Lipinski definition) is 1. The van der Waals surface area contributed by atoms with Gasteiger partial charge in [0.1, 0.15) is 0 Å². The van der Waals surface area contributed by atoms with Crippen LogP contribution in [0.5, 0.6) is 5.75 Å². The fourth-order valence-electron chi connectivity index (χ4n) is 1.42. The lowest BCUT2D eigenvalue weighted by Gasteiger charge is -2.28. The summed E-state index contributed by atoms with van der Waals surface area (Å²) < 4.78 is 9.69. The van der Waals surface area contributed by atoms with Crippen molar-refractivity contribution in [3.05, 3.63) is 0 Å². The molecule has 1 rings (SSSR count). The lowest BCUT2D eigenvalue weighted by atomic mass is 10.1. The number of hydrogen-bond acceptors (Lipinski definition) is 5. The van der Waals surface area contributed by atoms with Gasteiger partial charge in [-0.25, -0.2) is 0 Å². The second-order valence-electron chi connectivity index (χ2n) is 4.23. The summed E-state index contributed by atoms with van der Waals surface area (Å²) in [7, 11) is 2.06. The van der Waals surface area contributed by atoms with Gasteiger partial charge in [-0.2, -0.15) is 4.37 Å². The van der Waals surface area contributed by atoms with E-state index in [-0.39, 0.29) is 0 Å². The van der Waals surface area contributed by atoms with Crippen LogP contribution < -0.4 is 15.4 Å². The van der Waals surface area contributed by atoms with Crippen molar-refractivity contribution in [2.24, 2.45) is 5.92 Å². The Morgan fingerprint density at radius 1 is 1.44 bits per heavy atom. The molecular weight excluding hydrogens is 222 g/mol. The molecule has 4 nitrogen and oxygen atoms in total. The average Bonchev–Trinajstić information content (AvgIpc) is 2.59. The second kappa shape index (κ2) is 5.39. The van der Waals surface area contributed by atoms with Crippen LogP contribution in [0, 0.1) is 5.92 Å². The van der Waals surface area contributed by atoms with E-state index in [1.165, 1.54) is 11.5 Å². The molecule has 1 unspecified atom stereocenters. The molecule has 0 aliphatic heterocycles. The van der Waals surface area contributed by atoms with Gasteiger partial charge < -0.3 is 15.4 Å². The normalized spacial score (nSPS) is 12.9. The Labute approximate surface area is 102 Å². The highest BCUT2D eigenvalue weighted by Gasteiger charge is 2.21. The molecule has 0 saturated carbocycles. The van der Waals surface area contributed by atoms with E-state index >= 15 is 0 Å². The van der Waals surface area contributed by atoms with Crippen molar-refractivity contribution in [3.63, 3.8) is 0 Å². The third kappa shape index (κ3) is 2.58. The quantitative estimate of drug-likeness (QED) is 0.863. The Bertz CT molecular complexity index is 338.